The van der Waals surface area contributed by atoms with E-state index in [1.165, 1.54) is 22.3 Å². The normalized spacial score (nSPS) is 13.9. The van der Waals surface area contributed by atoms with E-state index in [0.717, 1.165) is 24.3 Å². The van der Waals surface area contributed by atoms with Crippen LogP contribution in [0.4, 0.5) is 0 Å². The zero-order valence-electron chi connectivity index (χ0n) is 10.9. The van der Waals surface area contributed by atoms with Gasteiger partial charge in [0, 0.05) is 12.0 Å². The van der Waals surface area contributed by atoms with Gasteiger partial charge in [-0.3, -0.25) is 4.79 Å². The van der Waals surface area contributed by atoms with E-state index >= 15 is 0 Å². The molecule has 0 radical (unpaired) electrons. The SMILES string of the molecule is CC(=O)C=Cc1c(C)c(C)c(C)c2c1CCO2. The predicted molar refractivity (Wildman–Crippen MR) is 69.6 cm³/mol. The van der Waals surface area contributed by atoms with Crippen LogP contribution in [0.25, 0.3) is 6.08 Å². The maximum Gasteiger partial charge on any atom is 0.152 e. The monoisotopic (exact) mass is 230 g/mol. The minimum absolute atomic E-state index is 0.0790. The molecular formula is C15H18O2. The van der Waals surface area contributed by atoms with Crippen molar-refractivity contribution in [2.45, 2.75) is 34.1 Å². The zero-order valence-corrected chi connectivity index (χ0v) is 10.9. The lowest BCUT2D eigenvalue weighted by molar-refractivity contribution is -0.112. The maximum absolute atomic E-state index is 11.1. The molecule has 0 aliphatic carbocycles. The van der Waals surface area contributed by atoms with Crippen LogP contribution in [0.1, 0.15) is 34.7 Å². The number of rotatable bonds is 2. The van der Waals surface area contributed by atoms with Crippen LogP contribution in [0.2, 0.25) is 0 Å². The Hall–Kier alpha value is -1.57. The van der Waals surface area contributed by atoms with Crippen molar-refractivity contribution in [3.63, 3.8) is 0 Å². The van der Waals surface area contributed by atoms with Crippen molar-refractivity contribution in [2.24, 2.45) is 0 Å². The molecular weight excluding hydrogens is 212 g/mol. The van der Waals surface area contributed by atoms with E-state index in [4.69, 9.17) is 4.74 Å². The Bertz CT molecular complexity index is 510. The van der Waals surface area contributed by atoms with E-state index in [9.17, 15) is 4.79 Å². The molecule has 0 amide bonds. The highest BCUT2D eigenvalue weighted by molar-refractivity contribution is 5.92. The smallest absolute Gasteiger partial charge is 0.152 e. The summed E-state index contributed by atoms with van der Waals surface area (Å²) in [5.74, 6) is 1.10. The molecule has 2 nitrogen and oxygen atoms in total. The Morgan fingerprint density at radius 2 is 1.88 bits per heavy atom. The van der Waals surface area contributed by atoms with E-state index in [-0.39, 0.29) is 5.78 Å². The van der Waals surface area contributed by atoms with Crippen LogP contribution in [0.15, 0.2) is 6.08 Å². The van der Waals surface area contributed by atoms with Crippen molar-refractivity contribution in [2.75, 3.05) is 6.61 Å². The molecule has 1 aliphatic rings. The van der Waals surface area contributed by atoms with Crippen LogP contribution in [0, 0.1) is 20.8 Å². The minimum Gasteiger partial charge on any atom is -0.493 e. The van der Waals surface area contributed by atoms with Crippen molar-refractivity contribution in [1.82, 2.24) is 0 Å². The van der Waals surface area contributed by atoms with Crippen molar-refractivity contribution in [3.8, 4) is 5.75 Å². The molecule has 0 saturated heterocycles. The Morgan fingerprint density at radius 3 is 2.53 bits per heavy atom. The molecule has 1 heterocycles. The predicted octanol–water partition coefficient (Wildman–Crippen LogP) is 3.15. The largest absolute Gasteiger partial charge is 0.493 e. The van der Waals surface area contributed by atoms with E-state index in [1.54, 1.807) is 13.0 Å². The van der Waals surface area contributed by atoms with Crippen LogP contribution < -0.4 is 4.74 Å². The van der Waals surface area contributed by atoms with Gasteiger partial charge >= 0.3 is 0 Å². The van der Waals surface area contributed by atoms with E-state index in [2.05, 4.69) is 20.8 Å². The first kappa shape index (κ1) is 11.9. The van der Waals surface area contributed by atoms with Gasteiger partial charge in [0.15, 0.2) is 5.78 Å². The van der Waals surface area contributed by atoms with Gasteiger partial charge in [-0.2, -0.15) is 0 Å². The molecule has 1 aliphatic heterocycles. The Labute approximate surface area is 102 Å². The third-order valence-corrected chi connectivity index (χ3v) is 3.55. The molecule has 2 rings (SSSR count). The van der Waals surface area contributed by atoms with Gasteiger partial charge in [-0.05, 0) is 56.0 Å². The number of benzene rings is 1. The lowest BCUT2D eigenvalue weighted by Crippen LogP contribution is -1.97. The number of allylic oxidation sites excluding steroid dienone is 1. The molecule has 0 bridgehead atoms. The van der Waals surface area contributed by atoms with Gasteiger partial charge in [-0.15, -0.1) is 0 Å². The Kier molecular flexibility index (Phi) is 3.05. The molecule has 0 N–H and O–H groups in total. The highest BCUT2D eigenvalue weighted by atomic mass is 16.5. The molecule has 1 aromatic rings. The molecule has 0 saturated carbocycles. The number of fused-ring (bicyclic) bond motifs is 1. The molecule has 0 spiro atoms. The fraction of sp³-hybridized carbons (Fsp3) is 0.400. The molecule has 0 atom stereocenters. The minimum atomic E-state index is 0.0790. The van der Waals surface area contributed by atoms with Crippen molar-refractivity contribution in [3.05, 3.63) is 33.9 Å². The zero-order chi connectivity index (χ0) is 12.6. The summed E-state index contributed by atoms with van der Waals surface area (Å²) in [5.41, 5.74) is 6.16. The highest BCUT2D eigenvalue weighted by Gasteiger charge is 2.21. The fourth-order valence-corrected chi connectivity index (χ4v) is 2.35. The maximum atomic E-state index is 11.1. The van der Waals surface area contributed by atoms with Crippen LogP contribution in [0.5, 0.6) is 5.75 Å². The number of hydrogen-bond donors (Lipinski definition) is 0. The lowest BCUT2D eigenvalue weighted by atomic mass is 9.91. The lowest BCUT2D eigenvalue weighted by Gasteiger charge is -2.14. The van der Waals surface area contributed by atoms with Crippen molar-refractivity contribution in [1.29, 1.82) is 0 Å². The summed E-state index contributed by atoms with van der Waals surface area (Å²) in [6.07, 6.45) is 4.50. The number of carbonyl (C=O) groups is 1. The van der Waals surface area contributed by atoms with Crippen LogP contribution in [0.3, 0.4) is 0 Å². The first-order valence-corrected chi connectivity index (χ1v) is 5.96. The highest BCUT2D eigenvalue weighted by Crippen LogP contribution is 2.37. The first-order valence-electron chi connectivity index (χ1n) is 5.96. The number of ketones is 1. The van der Waals surface area contributed by atoms with E-state index in [0.29, 0.717) is 0 Å². The third kappa shape index (κ3) is 1.99. The topological polar surface area (TPSA) is 26.3 Å². The van der Waals surface area contributed by atoms with Crippen molar-refractivity contribution < 1.29 is 9.53 Å². The molecule has 0 fully saturated rings. The second-order valence-electron chi connectivity index (χ2n) is 4.64. The Balaban J connectivity index is 2.63. The Morgan fingerprint density at radius 1 is 1.18 bits per heavy atom. The summed E-state index contributed by atoms with van der Waals surface area (Å²) in [5, 5.41) is 0. The first-order chi connectivity index (χ1) is 8.02. The summed E-state index contributed by atoms with van der Waals surface area (Å²) >= 11 is 0. The summed E-state index contributed by atoms with van der Waals surface area (Å²) in [6.45, 7) is 8.65. The summed E-state index contributed by atoms with van der Waals surface area (Å²) in [4.78, 5) is 11.1. The van der Waals surface area contributed by atoms with Crippen LogP contribution in [-0.2, 0) is 11.2 Å². The third-order valence-electron chi connectivity index (χ3n) is 3.55. The number of carbonyl (C=O) groups excluding carboxylic acids is 1. The van der Waals surface area contributed by atoms with Gasteiger partial charge < -0.3 is 4.74 Å². The molecule has 0 aromatic heterocycles. The molecule has 17 heavy (non-hydrogen) atoms. The fourth-order valence-electron chi connectivity index (χ4n) is 2.35. The van der Waals surface area contributed by atoms with E-state index < -0.39 is 0 Å². The van der Waals surface area contributed by atoms with Gasteiger partial charge in [-0.1, -0.05) is 6.08 Å². The van der Waals surface area contributed by atoms with Gasteiger partial charge in [-0.25, -0.2) is 0 Å². The molecule has 90 valence electrons. The number of hydrogen-bond acceptors (Lipinski definition) is 2. The second kappa shape index (κ2) is 4.36. The molecule has 0 unspecified atom stereocenters. The second-order valence-corrected chi connectivity index (χ2v) is 4.64. The van der Waals surface area contributed by atoms with Gasteiger partial charge in [0.2, 0.25) is 0 Å². The van der Waals surface area contributed by atoms with Gasteiger partial charge in [0.05, 0.1) is 6.61 Å². The average molecular weight is 230 g/mol. The standard InChI is InChI=1S/C15H18O2/c1-9(16)5-6-13-11(3)10(2)12(4)15-14(13)7-8-17-15/h5-6H,7-8H2,1-4H3. The molecule has 2 heteroatoms. The van der Waals surface area contributed by atoms with E-state index in [1.807, 2.05) is 6.08 Å². The van der Waals surface area contributed by atoms with Gasteiger partial charge in [0.25, 0.3) is 0 Å². The summed E-state index contributed by atoms with van der Waals surface area (Å²) in [6, 6.07) is 0. The average Bonchev–Trinajstić information content (AvgIpc) is 2.74. The van der Waals surface area contributed by atoms with Crippen LogP contribution in [-0.4, -0.2) is 12.4 Å². The molecule has 1 aromatic carbocycles. The quantitative estimate of drug-likeness (QED) is 0.729. The van der Waals surface area contributed by atoms with Crippen molar-refractivity contribution >= 4 is 11.9 Å². The number of ether oxygens (including phenoxy) is 1. The van der Waals surface area contributed by atoms with Gasteiger partial charge in [0.1, 0.15) is 5.75 Å². The summed E-state index contributed by atoms with van der Waals surface area (Å²) in [7, 11) is 0. The summed E-state index contributed by atoms with van der Waals surface area (Å²) < 4.78 is 5.69. The van der Waals surface area contributed by atoms with Crippen LogP contribution >= 0.6 is 0 Å².